The van der Waals surface area contributed by atoms with Gasteiger partial charge in [-0.2, -0.15) is 0 Å². The van der Waals surface area contributed by atoms with Crippen LogP contribution in [-0.4, -0.2) is 35.9 Å². The second kappa shape index (κ2) is 7.68. The number of ether oxygens (including phenoxy) is 2. The highest BCUT2D eigenvalue weighted by molar-refractivity contribution is 5.71. The second-order valence-electron chi connectivity index (χ2n) is 5.99. The van der Waals surface area contributed by atoms with E-state index in [1.807, 2.05) is 12.1 Å². The molecule has 1 aromatic carbocycles. The molecule has 22 heavy (non-hydrogen) atoms. The maximum atomic E-state index is 11.8. The summed E-state index contributed by atoms with van der Waals surface area (Å²) in [5.41, 5.74) is 0.279. The van der Waals surface area contributed by atoms with Crippen molar-refractivity contribution in [3.05, 3.63) is 29.8 Å². The zero-order valence-corrected chi connectivity index (χ0v) is 13.4. The van der Waals surface area contributed by atoms with Crippen LogP contribution in [0.5, 0.6) is 5.75 Å². The number of amides is 1. The van der Waals surface area contributed by atoms with E-state index in [2.05, 4.69) is 5.32 Å². The van der Waals surface area contributed by atoms with Crippen molar-refractivity contribution in [2.45, 2.75) is 45.3 Å². The molecule has 2 N–H and O–H groups in total. The van der Waals surface area contributed by atoms with Crippen molar-refractivity contribution in [3.63, 3.8) is 0 Å². The molecule has 0 aliphatic rings. The number of hydrogen-bond donors (Lipinski definition) is 2. The number of nitrogens with one attached hydrogen (secondary N) is 1. The van der Waals surface area contributed by atoms with Crippen LogP contribution in [0.15, 0.2) is 24.3 Å². The number of aliphatic carboxylic acids is 1. The SMILES string of the molecule is COc1ccc(C[C@H](CC(=O)O)NC(=O)OC(C)(C)C)cc1. The first-order valence-electron chi connectivity index (χ1n) is 7.04. The minimum Gasteiger partial charge on any atom is -0.497 e. The molecule has 0 aromatic heterocycles. The van der Waals surface area contributed by atoms with Gasteiger partial charge in [-0.3, -0.25) is 4.79 Å². The largest absolute Gasteiger partial charge is 0.497 e. The molecule has 1 atom stereocenters. The van der Waals surface area contributed by atoms with E-state index in [1.54, 1.807) is 40.0 Å². The van der Waals surface area contributed by atoms with Gasteiger partial charge >= 0.3 is 12.1 Å². The molecule has 6 nitrogen and oxygen atoms in total. The zero-order chi connectivity index (χ0) is 16.8. The van der Waals surface area contributed by atoms with Crippen LogP contribution in [0.25, 0.3) is 0 Å². The summed E-state index contributed by atoms with van der Waals surface area (Å²) in [4.78, 5) is 22.7. The molecule has 0 heterocycles. The van der Waals surface area contributed by atoms with Gasteiger partial charge < -0.3 is 19.9 Å². The van der Waals surface area contributed by atoms with E-state index in [0.29, 0.717) is 6.42 Å². The normalized spacial score (nSPS) is 12.4. The van der Waals surface area contributed by atoms with E-state index in [0.717, 1.165) is 11.3 Å². The van der Waals surface area contributed by atoms with Crippen molar-refractivity contribution < 1.29 is 24.2 Å². The fourth-order valence-corrected chi connectivity index (χ4v) is 1.91. The molecule has 0 aliphatic heterocycles. The predicted molar refractivity (Wildman–Crippen MR) is 82.1 cm³/mol. The molecule has 0 unspecified atom stereocenters. The maximum Gasteiger partial charge on any atom is 0.407 e. The standard InChI is InChI=1S/C16H23NO5/c1-16(2,3)22-15(20)17-12(10-14(18)19)9-11-5-7-13(21-4)8-6-11/h5-8,12H,9-10H2,1-4H3,(H,17,20)(H,18,19)/t12-/m1/s1. The monoisotopic (exact) mass is 309 g/mol. The summed E-state index contributed by atoms with van der Waals surface area (Å²) >= 11 is 0. The topological polar surface area (TPSA) is 84.9 Å². The number of benzene rings is 1. The van der Waals surface area contributed by atoms with Crippen LogP contribution < -0.4 is 10.1 Å². The van der Waals surface area contributed by atoms with Crippen LogP contribution >= 0.6 is 0 Å². The van der Waals surface area contributed by atoms with Gasteiger partial charge in [0, 0.05) is 6.04 Å². The third-order valence-corrected chi connectivity index (χ3v) is 2.78. The highest BCUT2D eigenvalue weighted by atomic mass is 16.6. The summed E-state index contributed by atoms with van der Waals surface area (Å²) in [6.45, 7) is 5.26. The number of methoxy groups -OCH3 is 1. The van der Waals surface area contributed by atoms with E-state index in [1.165, 1.54) is 0 Å². The molecule has 0 saturated carbocycles. The van der Waals surface area contributed by atoms with Gasteiger partial charge in [0.25, 0.3) is 0 Å². The zero-order valence-electron chi connectivity index (χ0n) is 13.4. The quantitative estimate of drug-likeness (QED) is 0.843. The lowest BCUT2D eigenvalue weighted by molar-refractivity contribution is -0.137. The summed E-state index contributed by atoms with van der Waals surface area (Å²) in [7, 11) is 1.58. The maximum absolute atomic E-state index is 11.8. The number of carbonyl (C=O) groups is 2. The molecule has 6 heteroatoms. The Morgan fingerprint density at radius 2 is 1.82 bits per heavy atom. The fourth-order valence-electron chi connectivity index (χ4n) is 1.91. The molecule has 1 rings (SSSR count). The molecule has 0 radical (unpaired) electrons. The van der Waals surface area contributed by atoms with E-state index < -0.39 is 23.7 Å². The van der Waals surface area contributed by atoms with Crippen molar-refractivity contribution in [2.75, 3.05) is 7.11 Å². The summed E-state index contributed by atoms with van der Waals surface area (Å²) < 4.78 is 10.2. The number of carboxylic acids is 1. The van der Waals surface area contributed by atoms with Gasteiger partial charge in [0.05, 0.1) is 13.5 Å². The average Bonchev–Trinajstić information content (AvgIpc) is 2.36. The Balaban J connectivity index is 2.70. The third-order valence-electron chi connectivity index (χ3n) is 2.78. The first-order valence-corrected chi connectivity index (χ1v) is 7.04. The summed E-state index contributed by atoms with van der Waals surface area (Å²) in [6.07, 6.45) is -0.395. The minimum atomic E-state index is -0.977. The molecular formula is C16H23NO5. The minimum absolute atomic E-state index is 0.175. The van der Waals surface area contributed by atoms with Crippen LogP contribution in [0.3, 0.4) is 0 Å². The van der Waals surface area contributed by atoms with Crippen molar-refractivity contribution in [1.29, 1.82) is 0 Å². The van der Waals surface area contributed by atoms with Gasteiger partial charge in [0.2, 0.25) is 0 Å². The molecular weight excluding hydrogens is 286 g/mol. The van der Waals surface area contributed by atoms with Crippen LogP contribution in [-0.2, 0) is 16.0 Å². The molecule has 0 fully saturated rings. The molecule has 0 saturated heterocycles. The van der Waals surface area contributed by atoms with Crippen molar-refractivity contribution in [2.24, 2.45) is 0 Å². The smallest absolute Gasteiger partial charge is 0.407 e. The van der Waals surface area contributed by atoms with Gasteiger partial charge in [-0.1, -0.05) is 12.1 Å². The molecule has 1 amide bonds. The predicted octanol–water partition coefficient (Wildman–Crippen LogP) is 2.61. The van der Waals surface area contributed by atoms with E-state index >= 15 is 0 Å². The first-order chi connectivity index (χ1) is 10.2. The average molecular weight is 309 g/mol. The Morgan fingerprint density at radius 1 is 1.23 bits per heavy atom. The molecule has 0 spiro atoms. The molecule has 0 bridgehead atoms. The first kappa shape index (κ1) is 17.8. The summed E-state index contributed by atoms with van der Waals surface area (Å²) in [6, 6.07) is 6.72. The molecule has 0 aliphatic carbocycles. The van der Waals surface area contributed by atoms with Crippen molar-refractivity contribution in [1.82, 2.24) is 5.32 Å². The highest BCUT2D eigenvalue weighted by Crippen LogP contribution is 2.14. The van der Waals surface area contributed by atoms with Crippen LogP contribution in [0.1, 0.15) is 32.8 Å². The van der Waals surface area contributed by atoms with Crippen molar-refractivity contribution in [3.8, 4) is 5.75 Å². The van der Waals surface area contributed by atoms with Crippen molar-refractivity contribution >= 4 is 12.1 Å². The van der Waals surface area contributed by atoms with E-state index in [4.69, 9.17) is 14.6 Å². The van der Waals surface area contributed by atoms with Gasteiger partial charge in [-0.15, -0.1) is 0 Å². The second-order valence-corrected chi connectivity index (χ2v) is 5.99. The van der Waals surface area contributed by atoms with Crippen LogP contribution in [0, 0.1) is 0 Å². The highest BCUT2D eigenvalue weighted by Gasteiger charge is 2.21. The lowest BCUT2D eigenvalue weighted by Crippen LogP contribution is -2.41. The van der Waals surface area contributed by atoms with Gasteiger partial charge in [0.15, 0.2) is 0 Å². The van der Waals surface area contributed by atoms with E-state index in [-0.39, 0.29) is 6.42 Å². The Morgan fingerprint density at radius 3 is 2.27 bits per heavy atom. The Hall–Kier alpha value is -2.24. The Kier molecular flexibility index (Phi) is 6.22. The number of carbonyl (C=O) groups excluding carboxylic acids is 1. The number of hydrogen-bond acceptors (Lipinski definition) is 4. The lowest BCUT2D eigenvalue weighted by atomic mass is 10.0. The van der Waals surface area contributed by atoms with Gasteiger partial charge in [-0.05, 0) is 44.9 Å². The lowest BCUT2D eigenvalue weighted by Gasteiger charge is -2.23. The Labute approximate surface area is 130 Å². The third kappa shape index (κ3) is 6.97. The molecule has 122 valence electrons. The number of carboxylic acid groups (broad SMARTS) is 1. The summed E-state index contributed by atoms with van der Waals surface area (Å²) in [5.74, 6) is -0.256. The summed E-state index contributed by atoms with van der Waals surface area (Å²) in [5, 5.41) is 11.6. The number of alkyl carbamates (subject to hydrolysis) is 1. The molecule has 1 aromatic rings. The Bertz CT molecular complexity index is 504. The van der Waals surface area contributed by atoms with Crippen LogP contribution in [0.2, 0.25) is 0 Å². The fraction of sp³-hybridized carbons (Fsp3) is 0.500. The van der Waals surface area contributed by atoms with Gasteiger partial charge in [-0.25, -0.2) is 4.79 Å². The van der Waals surface area contributed by atoms with Crippen LogP contribution in [0.4, 0.5) is 4.79 Å². The van der Waals surface area contributed by atoms with Gasteiger partial charge in [0.1, 0.15) is 11.4 Å². The number of rotatable bonds is 6. The van der Waals surface area contributed by atoms with E-state index in [9.17, 15) is 9.59 Å².